The molecule has 17 heavy (non-hydrogen) atoms. The van der Waals surface area contributed by atoms with Crippen molar-refractivity contribution in [3.8, 4) is 0 Å². The quantitative estimate of drug-likeness (QED) is 0.847. The van der Waals surface area contributed by atoms with E-state index >= 15 is 0 Å². The molecule has 0 radical (unpaired) electrons. The Balaban J connectivity index is 2.06. The molecule has 1 fully saturated rings. The first-order valence-corrected chi connectivity index (χ1v) is 6.56. The molecule has 1 aliphatic heterocycles. The molecule has 0 spiro atoms. The molecule has 2 heteroatoms. The van der Waals surface area contributed by atoms with E-state index in [9.17, 15) is 0 Å². The standard InChI is InChI=1S/C15H23NO/c1-4-15(3)9-10-17-14(11-16-15)13-7-5-12(2)6-8-13/h5-8,14,16H,4,9-11H2,1-3H3. The summed E-state index contributed by atoms with van der Waals surface area (Å²) in [6.07, 6.45) is 2.44. The number of benzene rings is 1. The third-order valence-corrected chi connectivity index (χ3v) is 3.92. The fraction of sp³-hybridized carbons (Fsp3) is 0.600. The van der Waals surface area contributed by atoms with Gasteiger partial charge in [0, 0.05) is 18.7 Å². The summed E-state index contributed by atoms with van der Waals surface area (Å²) in [5.74, 6) is 0. The van der Waals surface area contributed by atoms with Crippen molar-refractivity contribution in [2.45, 2.75) is 45.3 Å². The summed E-state index contributed by atoms with van der Waals surface area (Å²) < 4.78 is 5.96. The monoisotopic (exact) mass is 233 g/mol. The number of hydrogen-bond donors (Lipinski definition) is 1. The molecule has 2 nitrogen and oxygen atoms in total. The van der Waals surface area contributed by atoms with Gasteiger partial charge in [0.1, 0.15) is 0 Å². The summed E-state index contributed by atoms with van der Waals surface area (Å²) in [5, 5.41) is 3.65. The minimum atomic E-state index is 0.198. The molecule has 1 heterocycles. The number of aryl methyl sites for hydroxylation is 1. The maximum Gasteiger partial charge on any atom is 0.0949 e. The lowest BCUT2D eigenvalue weighted by Gasteiger charge is -2.27. The van der Waals surface area contributed by atoms with Crippen molar-refractivity contribution in [3.63, 3.8) is 0 Å². The first-order chi connectivity index (χ1) is 8.13. The van der Waals surface area contributed by atoms with Crippen LogP contribution in [0.2, 0.25) is 0 Å². The van der Waals surface area contributed by atoms with Crippen LogP contribution >= 0.6 is 0 Å². The molecule has 1 N–H and O–H groups in total. The molecule has 0 bridgehead atoms. The highest BCUT2D eigenvalue weighted by Gasteiger charge is 2.27. The third kappa shape index (κ3) is 3.08. The number of hydrogen-bond acceptors (Lipinski definition) is 2. The van der Waals surface area contributed by atoms with Crippen molar-refractivity contribution >= 4 is 0 Å². The van der Waals surface area contributed by atoms with Gasteiger partial charge in [-0.15, -0.1) is 0 Å². The summed E-state index contributed by atoms with van der Waals surface area (Å²) in [6, 6.07) is 8.66. The Morgan fingerprint density at radius 2 is 2.06 bits per heavy atom. The van der Waals surface area contributed by atoms with Crippen molar-refractivity contribution in [2.24, 2.45) is 0 Å². The van der Waals surface area contributed by atoms with Gasteiger partial charge in [0.2, 0.25) is 0 Å². The summed E-state index contributed by atoms with van der Waals surface area (Å²) in [4.78, 5) is 0. The smallest absolute Gasteiger partial charge is 0.0949 e. The molecule has 1 aromatic rings. The van der Waals surface area contributed by atoms with E-state index in [1.807, 2.05) is 0 Å². The van der Waals surface area contributed by atoms with E-state index < -0.39 is 0 Å². The Bertz CT molecular complexity index is 360. The van der Waals surface area contributed by atoms with Crippen LogP contribution in [-0.4, -0.2) is 18.7 Å². The predicted octanol–water partition coefficient (Wildman–Crippen LogP) is 3.21. The van der Waals surface area contributed by atoms with Crippen LogP contribution in [0.25, 0.3) is 0 Å². The van der Waals surface area contributed by atoms with Crippen LogP contribution in [0.5, 0.6) is 0 Å². The first kappa shape index (κ1) is 12.6. The van der Waals surface area contributed by atoms with Crippen LogP contribution in [0.4, 0.5) is 0 Å². The van der Waals surface area contributed by atoms with Crippen LogP contribution in [0.3, 0.4) is 0 Å². The van der Waals surface area contributed by atoms with Crippen LogP contribution < -0.4 is 5.32 Å². The fourth-order valence-corrected chi connectivity index (χ4v) is 2.21. The van der Waals surface area contributed by atoms with Gasteiger partial charge in [-0.2, -0.15) is 0 Å². The van der Waals surface area contributed by atoms with Crippen molar-refractivity contribution < 1.29 is 4.74 Å². The molecule has 0 amide bonds. The second-order valence-corrected chi connectivity index (χ2v) is 5.32. The Labute approximate surface area is 104 Å². The van der Waals surface area contributed by atoms with Crippen molar-refractivity contribution in [3.05, 3.63) is 35.4 Å². The summed E-state index contributed by atoms with van der Waals surface area (Å²) in [5.41, 5.74) is 2.82. The number of nitrogens with one attached hydrogen (secondary N) is 1. The molecule has 0 aromatic heterocycles. The molecular formula is C15H23NO. The molecule has 0 aliphatic carbocycles. The van der Waals surface area contributed by atoms with Crippen LogP contribution in [-0.2, 0) is 4.74 Å². The van der Waals surface area contributed by atoms with E-state index in [-0.39, 0.29) is 11.6 Å². The second kappa shape index (κ2) is 5.19. The number of rotatable bonds is 2. The van der Waals surface area contributed by atoms with Gasteiger partial charge >= 0.3 is 0 Å². The molecule has 94 valence electrons. The van der Waals surface area contributed by atoms with Crippen molar-refractivity contribution in [2.75, 3.05) is 13.2 Å². The Hall–Kier alpha value is -0.860. The first-order valence-electron chi connectivity index (χ1n) is 6.56. The molecule has 2 unspecified atom stereocenters. The van der Waals surface area contributed by atoms with Gasteiger partial charge in [0.15, 0.2) is 0 Å². The van der Waals surface area contributed by atoms with Crippen LogP contribution in [0.1, 0.15) is 43.9 Å². The molecule has 2 rings (SSSR count). The Morgan fingerprint density at radius 1 is 1.35 bits per heavy atom. The predicted molar refractivity (Wildman–Crippen MR) is 71.2 cm³/mol. The van der Waals surface area contributed by atoms with Crippen LogP contribution in [0.15, 0.2) is 24.3 Å². The third-order valence-electron chi connectivity index (χ3n) is 3.92. The van der Waals surface area contributed by atoms with Gasteiger partial charge in [-0.05, 0) is 32.3 Å². The van der Waals surface area contributed by atoms with Crippen molar-refractivity contribution in [1.29, 1.82) is 0 Å². The molecular weight excluding hydrogens is 210 g/mol. The zero-order valence-corrected chi connectivity index (χ0v) is 11.1. The molecule has 0 saturated carbocycles. The van der Waals surface area contributed by atoms with Gasteiger partial charge in [-0.1, -0.05) is 36.8 Å². The lowest BCUT2D eigenvalue weighted by molar-refractivity contribution is 0.0653. The summed E-state index contributed by atoms with van der Waals surface area (Å²) >= 11 is 0. The SMILES string of the molecule is CCC1(C)CCOC(c2ccc(C)cc2)CN1. The van der Waals surface area contributed by atoms with Gasteiger partial charge in [0.05, 0.1) is 6.10 Å². The van der Waals surface area contributed by atoms with Crippen molar-refractivity contribution in [1.82, 2.24) is 5.32 Å². The Morgan fingerprint density at radius 3 is 2.71 bits per heavy atom. The normalized spacial score (nSPS) is 29.9. The fourth-order valence-electron chi connectivity index (χ4n) is 2.21. The minimum Gasteiger partial charge on any atom is -0.372 e. The number of ether oxygens (including phenoxy) is 1. The average Bonchev–Trinajstić information content (AvgIpc) is 2.53. The highest BCUT2D eigenvalue weighted by Crippen LogP contribution is 2.25. The zero-order chi connectivity index (χ0) is 12.3. The molecule has 2 atom stereocenters. The lowest BCUT2D eigenvalue weighted by atomic mass is 9.95. The largest absolute Gasteiger partial charge is 0.372 e. The van der Waals surface area contributed by atoms with E-state index in [4.69, 9.17) is 4.74 Å². The summed E-state index contributed by atoms with van der Waals surface area (Å²) in [6.45, 7) is 8.39. The second-order valence-electron chi connectivity index (χ2n) is 5.32. The zero-order valence-electron chi connectivity index (χ0n) is 11.1. The van der Waals surface area contributed by atoms with Crippen LogP contribution in [0, 0.1) is 6.92 Å². The van der Waals surface area contributed by atoms with E-state index in [0.29, 0.717) is 0 Å². The van der Waals surface area contributed by atoms with E-state index in [1.165, 1.54) is 11.1 Å². The molecule has 1 saturated heterocycles. The maximum absolute atomic E-state index is 5.96. The van der Waals surface area contributed by atoms with Gasteiger partial charge < -0.3 is 10.1 Å². The molecule has 1 aliphatic rings. The average molecular weight is 233 g/mol. The van der Waals surface area contributed by atoms with E-state index in [1.54, 1.807) is 0 Å². The highest BCUT2D eigenvalue weighted by atomic mass is 16.5. The van der Waals surface area contributed by atoms with Gasteiger partial charge in [-0.25, -0.2) is 0 Å². The maximum atomic E-state index is 5.96. The topological polar surface area (TPSA) is 21.3 Å². The van der Waals surface area contributed by atoms with E-state index in [2.05, 4.69) is 50.4 Å². The minimum absolute atomic E-state index is 0.198. The molecule has 1 aromatic carbocycles. The Kier molecular flexibility index (Phi) is 3.85. The highest BCUT2D eigenvalue weighted by molar-refractivity contribution is 5.23. The summed E-state index contributed by atoms with van der Waals surface area (Å²) in [7, 11) is 0. The lowest BCUT2D eigenvalue weighted by Crippen LogP contribution is -2.42. The van der Waals surface area contributed by atoms with Gasteiger partial charge in [0.25, 0.3) is 0 Å². The van der Waals surface area contributed by atoms with E-state index in [0.717, 1.165) is 26.0 Å². The van der Waals surface area contributed by atoms with Gasteiger partial charge in [-0.3, -0.25) is 0 Å².